The normalized spacial score (nSPS) is 12.0. The lowest BCUT2D eigenvalue weighted by molar-refractivity contribution is 0.566. The molecule has 0 bridgehead atoms. The highest BCUT2D eigenvalue weighted by Crippen LogP contribution is 2.26. The van der Waals surface area contributed by atoms with Crippen molar-refractivity contribution in [1.82, 2.24) is 0 Å². The minimum Gasteiger partial charge on any atom is -0.380 e. The van der Waals surface area contributed by atoms with Crippen LogP contribution in [-0.4, -0.2) is 13.2 Å². The van der Waals surface area contributed by atoms with Gasteiger partial charge in [-0.15, -0.1) is 0 Å². The van der Waals surface area contributed by atoms with Gasteiger partial charge < -0.3 is 5.32 Å². The Morgan fingerprint density at radius 1 is 1.00 bits per heavy atom. The van der Waals surface area contributed by atoms with Gasteiger partial charge in [0.05, 0.1) is 15.5 Å². The number of nitrogens with one attached hydrogen (secondary N) is 2. The average Bonchev–Trinajstić information content (AvgIpc) is 2.46. The van der Waals surface area contributed by atoms with E-state index in [-0.39, 0.29) is 0 Å². The average molecular weight is 387 g/mol. The Hall–Kier alpha value is -1.43. The highest BCUT2D eigenvalue weighted by molar-refractivity contribution is 7.94. The third kappa shape index (κ3) is 4.79. The minimum absolute atomic E-state index is 0.540. The smallest absolute Gasteiger partial charge is 0.237 e. The van der Waals surface area contributed by atoms with Gasteiger partial charge in [-0.3, -0.25) is 4.72 Å². The molecule has 0 aliphatic rings. The molecule has 4 nitrogen and oxygen atoms in total. The summed E-state index contributed by atoms with van der Waals surface area (Å²) >= 11 is 12.0. The number of hydrogen-bond donors (Lipinski definition) is 2. The summed E-state index contributed by atoms with van der Waals surface area (Å²) in [4.78, 5) is 0. The van der Waals surface area contributed by atoms with Gasteiger partial charge in [0.1, 0.15) is 0 Å². The van der Waals surface area contributed by atoms with Gasteiger partial charge in [-0.05, 0) is 56.7 Å². The Bertz CT molecular complexity index is 813. The maximum absolute atomic E-state index is 12.1. The Morgan fingerprint density at radius 2 is 1.62 bits per heavy atom. The minimum atomic E-state index is -3.42. The molecule has 2 rings (SSSR count). The van der Waals surface area contributed by atoms with Crippen LogP contribution in [0.25, 0.3) is 0 Å². The molecule has 2 N–H and O–H groups in total. The van der Waals surface area contributed by atoms with Crippen molar-refractivity contribution in [3.8, 4) is 0 Å². The standard InChI is InChI=1S/C17H20Cl2N2O2S/c1-17(2,3)24(22,23)21-14-7-4-12(5-8-14)11-20-16-9-6-13(18)10-15(16)19/h4-10,20-21H,11H2,1-3H3. The number of hydrogen-bond acceptors (Lipinski definition) is 3. The second-order valence-electron chi connectivity index (χ2n) is 6.39. The lowest BCUT2D eigenvalue weighted by Crippen LogP contribution is -2.33. The van der Waals surface area contributed by atoms with Crippen molar-refractivity contribution in [2.24, 2.45) is 0 Å². The fraction of sp³-hybridized carbons (Fsp3) is 0.294. The van der Waals surface area contributed by atoms with Crippen LogP contribution in [0, 0.1) is 0 Å². The van der Waals surface area contributed by atoms with E-state index in [1.54, 1.807) is 45.0 Å². The van der Waals surface area contributed by atoms with Crippen molar-refractivity contribution < 1.29 is 8.42 Å². The van der Waals surface area contributed by atoms with Gasteiger partial charge >= 0.3 is 0 Å². The predicted octanol–water partition coefficient (Wildman–Crippen LogP) is 5.15. The molecule has 0 saturated heterocycles. The first-order valence-electron chi connectivity index (χ1n) is 7.39. The zero-order chi connectivity index (χ0) is 18.0. The molecule has 0 aliphatic carbocycles. The van der Waals surface area contributed by atoms with E-state index in [2.05, 4.69) is 10.0 Å². The molecule has 7 heteroatoms. The van der Waals surface area contributed by atoms with E-state index in [1.165, 1.54) is 0 Å². The van der Waals surface area contributed by atoms with E-state index in [9.17, 15) is 8.42 Å². The number of sulfonamides is 1. The number of halogens is 2. The van der Waals surface area contributed by atoms with Gasteiger partial charge in [0.25, 0.3) is 0 Å². The van der Waals surface area contributed by atoms with Gasteiger partial charge in [0.15, 0.2) is 0 Å². The first-order valence-corrected chi connectivity index (χ1v) is 9.63. The SMILES string of the molecule is CC(C)(C)S(=O)(=O)Nc1ccc(CNc2ccc(Cl)cc2Cl)cc1. The summed E-state index contributed by atoms with van der Waals surface area (Å²) in [5.41, 5.74) is 2.33. The van der Waals surface area contributed by atoms with Crippen molar-refractivity contribution in [1.29, 1.82) is 0 Å². The molecule has 0 heterocycles. The first kappa shape index (κ1) is 18.9. The van der Waals surface area contributed by atoms with Crippen LogP contribution in [0.2, 0.25) is 10.0 Å². The topological polar surface area (TPSA) is 58.2 Å². The molecule has 24 heavy (non-hydrogen) atoms. The highest BCUT2D eigenvalue weighted by Gasteiger charge is 2.28. The first-order chi connectivity index (χ1) is 11.1. The maximum Gasteiger partial charge on any atom is 0.237 e. The molecular weight excluding hydrogens is 367 g/mol. The van der Waals surface area contributed by atoms with Gasteiger partial charge in [0, 0.05) is 17.3 Å². The second kappa shape index (κ2) is 7.21. The summed E-state index contributed by atoms with van der Waals surface area (Å²) in [6.45, 7) is 5.53. The summed E-state index contributed by atoms with van der Waals surface area (Å²) in [5.74, 6) is 0. The molecule has 0 amide bonds. The Balaban J connectivity index is 2.02. The van der Waals surface area contributed by atoms with Gasteiger partial charge in [-0.25, -0.2) is 8.42 Å². The van der Waals surface area contributed by atoms with Gasteiger partial charge in [-0.1, -0.05) is 35.3 Å². The summed E-state index contributed by atoms with van der Waals surface area (Å²) in [7, 11) is -3.42. The largest absolute Gasteiger partial charge is 0.380 e. The van der Waals surface area contributed by atoms with Crippen LogP contribution in [0.3, 0.4) is 0 Å². The number of rotatable bonds is 5. The van der Waals surface area contributed by atoms with Crippen LogP contribution in [0.5, 0.6) is 0 Å². The third-order valence-corrected chi connectivity index (χ3v) is 6.09. The van der Waals surface area contributed by atoms with Crippen LogP contribution in [-0.2, 0) is 16.6 Å². The van der Waals surface area contributed by atoms with Crippen molar-refractivity contribution in [2.45, 2.75) is 32.1 Å². The molecular formula is C17H20Cl2N2O2S. The quantitative estimate of drug-likeness (QED) is 0.746. The molecule has 0 atom stereocenters. The summed E-state index contributed by atoms with van der Waals surface area (Å²) < 4.78 is 26.0. The van der Waals surface area contributed by atoms with Crippen LogP contribution in [0.1, 0.15) is 26.3 Å². The summed E-state index contributed by atoms with van der Waals surface area (Å²) in [6, 6.07) is 12.5. The zero-order valence-corrected chi connectivity index (χ0v) is 16.1. The molecule has 0 aliphatic heterocycles. The van der Waals surface area contributed by atoms with Crippen molar-refractivity contribution in [3.63, 3.8) is 0 Å². The van der Waals surface area contributed by atoms with E-state index >= 15 is 0 Å². The van der Waals surface area contributed by atoms with Crippen molar-refractivity contribution >= 4 is 44.6 Å². The van der Waals surface area contributed by atoms with E-state index in [0.29, 0.717) is 22.3 Å². The molecule has 0 spiro atoms. The molecule has 0 unspecified atom stereocenters. The summed E-state index contributed by atoms with van der Waals surface area (Å²) in [6.07, 6.45) is 0. The predicted molar refractivity (Wildman–Crippen MR) is 103 cm³/mol. The molecule has 0 aromatic heterocycles. The highest BCUT2D eigenvalue weighted by atomic mass is 35.5. The molecule has 0 radical (unpaired) electrons. The molecule has 2 aromatic carbocycles. The van der Waals surface area contributed by atoms with E-state index in [4.69, 9.17) is 23.2 Å². The molecule has 2 aromatic rings. The molecule has 0 saturated carbocycles. The van der Waals surface area contributed by atoms with E-state index in [0.717, 1.165) is 11.3 Å². The van der Waals surface area contributed by atoms with Crippen molar-refractivity contribution in [2.75, 3.05) is 10.0 Å². The lowest BCUT2D eigenvalue weighted by atomic mass is 10.2. The fourth-order valence-electron chi connectivity index (χ4n) is 1.83. The molecule has 0 fully saturated rings. The summed E-state index contributed by atoms with van der Waals surface area (Å²) in [5, 5.41) is 4.36. The fourth-order valence-corrected chi connectivity index (χ4v) is 3.06. The lowest BCUT2D eigenvalue weighted by Gasteiger charge is -2.20. The number of benzene rings is 2. The van der Waals surface area contributed by atoms with Crippen LogP contribution in [0.4, 0.5) is 11.4 Å². The van der Waals surface area contributed by atoms with Gasteiger partial charge in [0.2, 0.25) is 10.0 Å². The van der Waals surface area contributed by atoms with Crippen LogP contribution >= 0.6 is 23.2 Å². The Kier molecular flexibility index (Phi) is 5.68. The maximum atomic E-state index is 12.1. The van der Waals surface area contributed by atoms with Crippen LogP contribution < -0.4 is 10.0 Å². The Labute approximate surface area is 153 Å². The third-order valence-electron chi connectivity index (χ3n) is 3.43. The van der Waals surface area contributed by atoms with Crippen LogP contribution in [0.15, 0.2) is 42.5 Å². The van der Waals surface area contributed by atoms with E-state index < -0.39 is 14.8 Å². The monoisotopic (exact) mass is 386 g/mol. The molecule has 130 valence electrons. The van der Waals surface area contributed by atoms with Gasteiger partial charge in [-0.2, -0.15) is 0 Å². The van der Waals surface area contributed by atoms with E-state index in [1.807, 2.05) is 18.2 Å². The Morgan fingerprint density at radius 3 is 2.17 bits per heavy atom. The zero-order valence-electron chi connectivity index (χ0n) is 13.7. The number of anilines is 2. The second-order valence-corrected chi connectivity index (χ2v) is 9.67. The van der Waals surface area contributed by atoms with Crippen molar-refractivity contribution in [3.05, 3.63) is 58.1 Å².